The van der Waals surface area contributed by atoms with Gasteiger partial charge in [-0.05, 0) is 37.8 Å². The zero-order valence-electron chi connectivity index (χ0n) is 10.9. The molecule has 1 aromatic rings. The quantitative estimate of drug-likeness (QED) is 0.762. The number of fused-ring (bicyclic) bond motifs is 1. The lowest BCUT2D eigenvalue weighted by atomic mass is 10.0. The van der Waals surface area contributed by atoms with Crippen LogP contribution in [0.4, 0.5) is 0 Å². The van der Waals surface area contributed by atoms with Gasteiger partial charge in [0, 0.05) is 12.0 Å². The lowest BCUT2D eigenvalue weighted by molar-refractivity contribution is -0.136. The number of carbonyl (C=O) groups is 1. The van der Waals surface area contributed by atoms with Crippen molar-refractivity contribution in [3.05, 3.63) is 35.4 Å². The van der Waals surface area contributed by atoms with E-state index >= 15 is 0 Å². The van der Waals surface area contributed by atoms with E-state index in [2.05, 4.69) is 18.2 Å². The Bertz CT molecular complexity index is 463. The number of rotatable bonds is 3. The molecule has 94 valence electrons. The van der Waals surface area contributed by atoms with Crippen LogP contribution >= 0.6 is 0 Å². The molecule has 0 unspecified atom stereocenters. The summed E-state index contributed by atoms with van der Waals surface area (Å²) in [4.78, 5) is 14.1. The van der Waals surface area contributed by atoms with Gasteiger partial charge >= 0.3 is 0 Å². The second-order valence-corrected chi connectivity index (χ2v) is 5.09. The molecule has 1 amide bonds. The van der Waals surface area contributed by atoms with Crippen molar-refractivity contribution >= 4 is 5.91 Å². The summed E-state index contributed by atoms with van der Waals surface area (Å²) in [5.41, 5.74) is 2.55. The minimum Gasteiger partial charge on any atom is -0.327 e. The van der Waals surface area contributed by atoms with Gasteiger partial charge in [0.15, 0.2) is 0 Å². The van der Waals surface area contributed by atoms with Gasteiger partial charge in [-0.3, -0.25) is 4.79 Å². The summed E-state index contributed by atoms with van der Waals surface area (Å²) in [7, 11) is 0. The van der Waals surface area contributed by atoms with Crippen molar-refractivity contribution in [2.75, 3.05) is 6.54 Å². The average molecular weight is 242 g/mol. The summed E-state index contributed by atoms with van der Waals surface area (Å²) >= 11 is 0. The molecule has 0 aliphatic heterocycles. The molecule has 2 rings (SSSR count). The van der Waals surface area contributed by atoms with Gasteiger partial charge in [-0.1, -0.05) is 24.3 Å². The fourth-order valence-corrected chi connectivity index (χ4v) is 2.56. The normalized spacial score (nSPS) is 14.3. The summed E-state index contributed by atoms with van der Waals surface area (Å²) in [5, 5.41) is 8.81. The zero-order chi connectivity index (χ0) is 13.1. The molecule has 0 atom stereocenters. The Kier molecular flexibility index (Phi) is 3.66. The highest BCUT2D eigenvalue weighted by molar-refractivity contribution is 5.81. The van der Waals surface area contributed by atoms with E-state index in [0.717, 1.165) is 12.8 Å². The van der Waals surface area contributed by atoms with Crippen molar-refractivity contribution in [1.29, 1.82) is 5.26 Å². The van der Waals surface area contributed by atoms with Crippen LogP contribution < -0.4 is 0 Å². The van der Waals surface area contributed by atoms with Crippen LogP contribution in [0.15, 0.2) is 24.3 Å². The van der Waals surface area contributed by atoms with Gasteiger partial charge in [0.25, 0.3) is 0 Å². The van der Waals surface area contributed by atoms with Crippen LogP contribution in [0.5, 0.6) is 0 Å². The molecule has 1 aliphatic carbocycles. The lowest BCUT2D eigenvalue weighted by Crippen LogP contribution is -2.41. The third-order valence-corrected chi connectivity index (χ3v) is 3.55. The SMILES string of the molecule is CC(C)N(CC#N)C(=O)C1Cc2ccccc2C1. The van der Waals surface area contributed by atoms with Gasteiger partial charge in [-0.25, -0.2) is 0 Å². The molecule has 0 N–H and O–H groups in total. The lowest BCUT2D eigenvalue weighted by Gasteiger charge is -2.26. The second kappa shape index (κ2) is 5.22. The van der Waals surface area contributed by atoms with E-state index in [4.69, 9.17) is 5.26 Å². The molecule has 3 nitrogen and oxygen atoms in total. The van der Waals surface area contributed by atoms with Crippen molar-refractivity contribution < 1.29 is 4.79 Å². The first kappa shape index (κ1) is 12.6. The predicted octanol–water partition coefficient (Wildman–Crippen LogP) is 2.16. The number of carbonyl (C=O) groups excluding carboxylic acids is 1. The van der Waals surface area contributed by atoms with Crippen molar-refractivity contribution in [3.63, 3.8) is 0 Å². The molecule has 0 saturated heterocycles. The maximum absolute atomic E-state index is 12.4. The molecule has 0 radical (unpaired) electrons. The maximum Gasteiger partial charge on any atom is 0.227 e. The fraction of sp³-hybridized carbons (Fsp3) is 0.467. The molecule has 0 fully saturated rings. The van der Waals surface area contributed by atoms with E-state index in [1.165, 1.54) is 11.1 Å². The molecule has 0 saturated carbocycles. The topological polar surface area (TPSA) is 44.1 Å². The Morgan fingerprint density at radius 3 is 2.39 bits per heavy atom. The van der Waals surface area contributed by atoms with Gasteiger partial charge in [-0.15, -0.1) is 0 Å². The molecule has 0 heterocycles. The first-order valence-electron chi connectivity index (χ1n) is 6.37. The molecule has 1 aromatic carbocycles. The second-order valence-electron chi connectivity index (χ2n) is 5.09. The largest absolute Gasteiger partial charge is 0.327 e. The maximum atomic E-state index is 12.4. The molecule has 0 spiro atoms. The summed E-state index contributed by atoms with van der Waals surface area (Å²) in [6.45, 7) is 4.10. The van der Waals surface area contributed by atoms with E-state index in [9.17, 15) is 4.79 Å². The zero-order valence-corrected chi connectivity index (χ0v) is 10.9. The smallest absolute Gasteiger partial charge is 0.227 e. The molecular formula is C15H18N2O. The Morgan fingerprint density at radius 1 is 1.39 bits per heavy atom. The minimum absolute atomic E-state index is 0.0122. The number of nitrogens with zero attached hydrogens (tertiary/aromatic N) is 2. The van der Waals surface area contributed by atoms with E-state index in [1.54, 1.807) is 4.90 Å². The Morgan fingerprint density at radius 2 is 1.94 bits per heavy atom. The summed E-state index contributed by atoms with van der Waals surface area (Å²) < 4.78 is 0. The molecule has 3 heteroatoms. The van der Waals surface area contributed by atoms with Gasteiger partial charge in [0.2, 0.25) is 5.91 Å². The van der Waals surface area contributed by atoms with Crippen LogP contribution in [-0.4, -0.2) is 23.4 Å². The van der Waals surface area contributed by atoms with E-state index in [1.807, 2.05) is 26.0 Å². The number of hydrogen-bond acceptors (Lipinski definition) is 2. The average Bonchev–Trinajstić information content (AvgIpc) is 2.78. The summed E-state index contributed by atoms with van der Waals surface area (Å²) in [5.74, 6) is 0.126. The molecule has 0 aromatic heterocycles. The van der Waals surface area contributed by atoms with Crippen LogP contribution in [0, 0.1) is 17.2 Å². The fourth-order valence-electron chi connectivity index (χ4n) is 2.56. The Labute approximate surface area is 108 Å². The molecule has 0 bridgehead atoms. The Balaban J connectivity index is 2.11. The molecular weight excluding hydrogens is 224 g/mol. The van der Waals surface area contributed by atoms with Crippen molar-refractivity contribution in [2.45, 2.75) is 32.7 Å². The van der Waals surface area contributed by atoms with Gasteiger partial charge in [0.05, 0.1) is 6.07 Å². The summed E-state index contributed by atoms with van der Waals surface area (Å²) in [6.07, 6.45) is 1.62. The van der Waals surface area contributed by atoms with Crippen LogP contribution in [0.25, 0.3) is 0 Å². The van der Waals surface area contributed by atoms with E-state index in [0.29, 0.717) is 0 Å². The van der Waals surface area contributed by atoms with E-state index < -0.39 is 0 Å². The van der Waals surface area contributed by atoms with Crippen molar-refractivity contribution in [1.82, 2.24) is 4.90 Å². The third-order valence-electron chi connectivity index (χ3n) is 3.55. The third kappa shape index (κ3) is 2.38. The standard InChI is InChI=1S/C15H18N2O/c1-11(2)17(8-7-16)15(18)14-9-12-5-3-4-6-13(12)10-14/h3-6,11,14H,8-10H2,1-2H3. The number of hydrogen-bond donors (Lipinski definition) is 0. The van der Waals surface area contributed by atoms with Crippen molar-refractivity contribution in [3.8, 4) is 6.07 Å². The van der Waals surface area contributed by atoms with E-state index in [-0.39, 0.29) is 24.4 Å². The van der Waals surface area contributed by atoms with Crippen molar-refractivity contribution in [2.24, 2.45) is 5.92 Å². The minimum atomic E-state index is 0.0122. The van der Waals surface area contributed by atoms with Crippen LogP contribution in [-0.2, 0) is 17.6 Å². The monoisotopic (exact) mass is 242 g/mol. The highest BCUT2D eigenvalue weighted by atomic mass is 16.2. The highest BCUT2D eigenvalue weighted by Gasteiger charge is 2.31. The first-order chi connectivity index (χ1) is 8.63. The number of amides is 1. The number of benzene rings is 1. The molecule has 1 aliphatic rings. The Hall–Kier alpha value is -1.82. The van der Waals surface area contributed by atoms with Gasteiger partial charge < -0.3 is 4.90 Å². The van der Waals surface area contributed by atoms with Crippen LogP contribution in [0.3, 0.4) is 0 Å². The van der Waals surface area contributed by atoms with Crippen LogP contribution in [0.1, 0.15) is 25.0 Å². The first-order valence-corrected chi connectivity index (χ1v) is 6.37. The highest BCUT2D eigenvalue weighted by Crippen LogP contribution is 2.28. The molecule has 18 heavy (non-hydrogen) atoms. The van der Waals surface area contributed by atoms with Gasteiger partial charge in [0.1, 0.15) is 6.54 Å². The number of nitriles is 1. The van der Waals surface area contributed by atoms with Gasteiger partial charge in [-0.2, -0.15) is 5.26 Å². The van der Waals surface area contributed by atoms with Crippen LogP contribution in [0.2, 0.25) is 0 Å². The predicted molar refractivity (Wildman–Crippen MR) is 69.8 cm³/mol. The summed E-state index contributed by atoms with van der Waals surface area (Å²) in [6, 6.07) is 10.4.